The second-order valence-electron chi connectivity index (χ2n) is 7.23. The summed E-state index contributed by atoms with van der Waals surface area (Å²) in [5.41, 5.74) is 5.87. The van der Waals surface area contributed by atoms with Crippen LogP contribution in [-0.2, 0) is 11.2 Å². The molecular formula is C23H24N4OS. The Morgan fingerprint density at radius 3 is 2.69 bits per heavy atom. The smallest absolute Gasteiger partial charge is 0.220 e. The Bertz CT molecular complexity index is 1130. The Morgan fingerprint density at radius 2 is 1.97 bits per heavy atom. The summed E-state index contributed by atoms with van der Waals surface area (Å²) in [6.45, 7) is 6.07. The van der Waals surface area contributed by atoms with E-state index in [1.807, 2.05) is 79.2 Å². The number of nitrogens with zero attached hydrogens (tertiary/aromatic N) is 3. The zero-order chi connectivity index (χ0) is 20.4. The van der Waals surface area contributed by atoms with Crippen LogP contribution in [0.4, 0.5) is 0 Å². The maximum Gasteiger partial charge on any atom is 0.220 e. The number of amides is 1. The highest BCUT2D eigenvalue weighted by Gasteiger charge is 2.15. The number of carbonyl (C=O) groups is 1. The molecule has 0 bridgehead atoms. The Labute approximate surface area is 174 Å². The summed E-state index contributed by atoms with van der Waals surface area (Å²) >= 11 is 1.66. The second-order valence-corrected chi connectivity index (χ2v) is 8.21. The fraction of sp³-hybridized carbons (Fsp3) is 0.261. The monoisotopic (exact) mass is 404 g/mol. The van der Waals surface area contributed by atoms with Gasteiger partial charge in [-0.05, 0) is 44.2 Å². The molecule has 0 saturated carbocycles. The van der Waals surface area contributed by atoms with E-state index in [1.165, 1.54) is 4.88 Å². The van der Waals surface area contributed by atoms with Gasteiger partial charge in [-0.15, -0.1) is 11.3 Å². The van der Waals surface area contributed by atoms with Crippen molar-refractivity contribution in [3.8, 4) is 11.3 Å². The van der Waals surface area contributed by atoms with Crippen molar-refractivity contribution in [1.82, 2.24) is 19.9 Å². The zero-order valence-electron chi connectivity index (χ0n) is 16.8. The van der Waals surface area contributed by atoms with E-state index < -0.39 is 0 Å². The average molecular weight is 405 g/mol. The van der Waals surface area contributed by atoms with Crippen LogP contribution in [0.5, 0.6) is 0 Å². The quantitative estimate of drug-likeness (QED) is 0.498. The lowest BCUT2D eigenvalue weighted by Gasteiger charge is -2.14. The molecule has 0 aliphatic carbocycles. The third kappa shape index (κ3) is 4.07. The Hall–Kier alpha value is -2.99. The number of hydrogen-bond acceptors (Lipinski definition) is 4. The van der Waals surface area contributed by atoms with Gasteiger partial charge in [0.05, 0.1) is 11.7 Å². The second kappa shape index (κ2) is 8.17. The number of carbonyl (C=O) groups excluding carboxylic acids is 1. The first-order valence-corrected chi connectivity index (χ1v) is 10.6. The Balaban J connectivity index is 1.52. The molecule has 4 rings (SSSR count). The number of fused-ring (bicyclic) bond motifs is 1. The van der Waals surface area contributed by atoms with Gasteiger partial charge in [0.25, 0.3) is 0 Å². The molecule has 0 radical (unpaired) electrons. The molecule has 1 N–H and O–H groups in total. The lowest BCUT2D eigenvalue weighted by Crippen LogP contribution is -2.26. The number of rotatable bonds is 6. The lowest BCUT2D eigenvalue weighted by atomic mass is 10.1. The minimum Gasteiger partial charge on any atom is -0.349 e. The normalized spacial score (nSPS) is 12.2. The van der Waals surface area contributed by atoms with E-state index in [2.05, 4.69) is 5.32 Å². The van der Waals surface area contributed by atoms with E-state index in [0.29, 0.717) is 12.8 Å². The topological polar surface area (TPSA) is 59.3 Å². The molecule has 4 aromatic rings. The predicted octanol–water partition coefficient (Wildman–Crippen LogP) is 4.88. The maximum absolute atomic E-state index is 12.4. The average Bonchev–Trinajstić information content (AvgIpc) is 3.38. The largest absolute Gasteiger partial charge is 0.349 e. The van der Waals surface area contributed by atoms with Crippen LogP contribution in [-0.4, -0.2) is 20.5 Å². The number of aromatic nitrogens is 3. The molecule has 6 heteroatoms. The van der Waals surface area contributed by atoms with Gasteiger partial charge in [-0.3, -0.25) is 4.79 Å². The third-order valence-electron chi connectivity index (χ3n) is 5.18. The summed E-state index contributed by atoms with van der Waals surface area (Å²) in [6, 6.07) is 16.2. The Kier molecular flexibility index (Phi) is 5.45. The molecular weight excluding hydrogens is 380 g/mol. The SMILES string of the molecule is Cc1nc2cc(-c3ccccc3)nn2c(C)c1CCC(=O)N[C@@H](C)c1cccs1. The lowest BCUT2D eigenvalue weighted by molar-refractivity contribution is -0.121. The predicted molar refractivity (Wildman–Crippen MR) is 117 cm³/mol. The molecule has 29 heavy (non-hydrogen) atoms. The Morgan fingerprint density at radius 1 is 1.17 bits per heavy atom. The fourth-order valence-corrected chi connectivity index (χ4v) is 4.33. The maximum atomic E-state index is 12.4. The van der Waals surface area contributed by atoms with Crippen molar-refractivity contribution in [3.63, 3.8) is 0 Å². The van der Waals surface area contributed by atoms with Crippen LogP contribution in [0, 0.1) is 13.8 Å². The van der Waals surface area contributed by atoms with Crippen molar-refractivity contribution in [1.29, 1.82) is 0 Å². The number of nitrogens with one attached hydrogen (secondary N) is 1. The molecule has 0 aliphatic heterocycles. The van der Waals surface area contributed by atoms with Crippen molar-refractivity contribution in [3.05, 3.63) is 75.7 Å². The molecule has 0 spiro atoms. The van der Waals surface area contributed by atoms with Crippen molar-refractivity contribution < 1.29 is 4.79 Å². The molecule has 148 valence electrons. The van der Waals surface area contributed by atoms with Crippen molar-refractivity contribution in [2.75, 3.05) is 0 Å². The highest BCUT2D eigenvalue weighted by molar-refractivity contribution is 7.10. The molecule has 3 heterocycles. The van der Waals surface area contributed by atoms with Gasteiger partial charge in [-0.2, -0.15) is 5.10 Å². The highest BCUT2D eigenvalue weighted by atomic mass is 32.1. The van der Waals surface area contributed by atoms with E-state index >= 15 is 0 Å². The van der Waals surface area contributed by atoms with Crippen molar-refractivity contribution in [2.45, 2.75) is 39.7 Å². The standard InChI is InChI=1S/C23H24N4OS/c1-15-19(11-12-23(28)25-16(2)21-10-7-13-29-21)17(3)27-22(24-15)14-20(26-27)18-8-5-4-6-9-18/h4-10,13-14,16H,11-12H2,1-3H3,(H,25,28)/t16-/m0/s1. The van der Waals surface area contributed by atoms with Crippen molar-refractivity contribution in [2.24, 2.45) is 0 Å². The summed E-state index contributed by atoms with van der Waals surface area (Å²) in [5.74, 6) is 0.0511. The summed E-state index contributed by atoms with van der Waals surface area (Å²) in [4.78, 5) is 18.3. The summed E-state index contributed by atoms with van der Waals surface area (Å²) in [6.07, 6.45) is 1.07. The first-order chi connectivity index (χ1) is 14.0. The molecule has 5 nitrogen and oxygen atoms in total. The molecule has 0 aliphatic rings. The van der Waals surface area contributed by atoms with Crippen LogP contribution in [0.25, 0.3) is 16.9 Å². The molecule has 3 aromatic heterocycles. The van der Waals surface area contributed by atoms with Crippen LogP contribution in [0.15, 0.2) is 53.9 Å². The summed E-state index contributed by atoms with van der Waals surface area (Å²) in [5, 5.41) is 9.86. The van der Waals surface area contributed by atoms with E-state index in [1.54, 1.807) is 11.3 Å². The molecule has 1 amide bonds. The minimum atomic E-state index is 0.0323. The minimum absolute atomic E-state index is 0.0323. The number of benzene rings is 1. The van der Waals surface area contributed by atoms with E-state index in [-0.39, 0.29) is 11.9 Å². The highest BCUT2D eigenvalue weighted by Crippen LogP contribution is 2.23. The number of aryl methyl sites for hydroxylation is 2. The summed E-state index contributed by atoms with van der Waals surface area (Å²) < 4.78 is 1.89. The molecule has 0 fully saturated rings. The molecule has 0 saturated heterocycles. The van der Waals surface area contributed by atoms with E-state index in [4.69, 9.17) is 10.1 Å². The summed E-state index contributed by atoms with van der Waals surface area (Å²) in [7, 11) is 0. The third-order valence-corrected chi connectivity index (χ3v) is 6.24. The van der Waals surface area contributed by atoms with Crippen LogP contribution in [0.1, 0.15) is 41.2 Å². The number of hydrogen-bond donors (Lipinski definition) is 1. The van der Waals surface area contributed by atoms with Gasteiger partial charge < -0.3 is 5.32 Å². The van der Waals surface area contributed by atoms with Gasteiger partial charge in [0.15, 0.2) is 5.65 Å². The van der Waals surface area contributed by atoms with Crippen LogP contribution in [0.2, 0.25) is 0 Å². The van der Waals surface area contributed by atoms with Crippen molar-refractivity contribution >= 4 is 22.9 Å². The molecule has 0 unspecified atom stereocenters. The molecule has 1 aromatic carbocycles. The first kappa shape index (κ1) is 19.3. The van der Waals surface area contributed by atoms with E-state index in [0.717, 1.165) is 33.9 Å². The van der Waals surface area contributed by atoms with Gasteiger partial charge >= 0.3 is 0 Å². The molecule has 1 atom stereocenters. The number of thiophene rings is 1. The van der Waals surface area contributed by atoms with Gasteiger partial charge in [0.1, 0.15) is 0 Å². The van der Waals surface area contributed by atoms with Crippen LogP contribution in [0.3, 0.4) is 0 Å². The van der Waals surface area contributed by atoms with Crippen LogP contribution < -0.4 is 5.32 Å². The van der Waals surface area contributed by atoms with Crippen LogP contribution >= 0.6 is 11.3 Å². The zero-order valence-corrected chi connectivity index (χ0v) is 17.7. The van der Waals surface area contributed by atoms with Gasteiger partial charge in [-0.25, -0.2) is 9.50 Å². The van der Waals surface area contributed by atoms with E-state index in [9.17, 15) is 4.79 Å². The van der Waals surface area contributed by atoms with Gasteiger partial charge in [0, 0.05) is 34.3 Å². The van der Waals surface area contributed by atoms with Gasteiger partial charge in [-0.1, -0.05) is 36.4 Å². The fourth-order valence-electron chi connectivity index (χ4n) is 3.60. The van der Waals surface area contributed by atoms with Gasteiger partial charge in [0.2, 0.25) is 5.91 Å². The first-order valence-electron chi connectivity index (χ1n) is 9.77.